The van der Waals surface area contributed by atoms with Gasteiger partial charge in [-0.25, -0.2) is 0 Å². The number of furan rings is 1. The van der Waals surface area contributed by atoms with Gasteiger partial charge < -0.3 is 9.73 Å². The fourth-order valence-electron chi connectivity index (χ4n) is 1.68. The molecule has 1 heterocycles. The Labute approximate surface area is 105 Å². The van der Waals surface area contributed by atoms with Gasteiger partial charge in [-0.1, -0.05) is 0 Å². The predicted octanol–water partition coefficient (Wildman–Crippen LogP) is 2.88. The first-order valence-electron chi connectivity index (χ1n) is 6.36. The number of nitrogens with zero attached hydrogens (tertiary/aromatic N) is 1. The molecule has 1 atom stereocenters. The summed E-state index contributed by atoms with van der Waals surface area (Å²) in [6, 6.07) is 4.51. The molecule has 1 aromatic rings. The molecule has 3 nitrogen and oxygen atoms in total. The Morgan fingerprint density at radius 3 is 2.65 bits per heavy atom. The summed E-state index contributed by atoms with van der Waals surface area (Å²) < 4.78 is 5.36. The van der Waals surface area contributed by atoms with Gasteiger partial charge in [-0.05, 0) is 59.8 Å². The molecule has 0 aromatic carbocycles. The van der Waals surface area contributed by atoms with Gasteiger partial charge in [0.05, 0.1) is 12.8 Å². The fourth-order valence-corrected chi connectivity index (χ4v) is 1.68. The number of rotatable bonds is 6. The molecule has 0 saturated carbocycles. The van der Waals surface area contributed by atoms with Crippen LogP contribution in [0.4, 0.5) is 0 Å². The van der Waals surface area contributed by atoms with Gasteiger partial charge in [-0.2, -0.15) is 0 Å². The van der Waals surface area contributed by atoms with Crippen LogP contribution in [-0.2, 0) is 6.54 Å². The highest BCUT2D eigenvalue weighted by Gasteiger charge is 2.13. The minimum atomic E-state index is 0.208. The van der Waals surface area contributed by atoms with Gasteiger partial charge in [0.2, 0.25) is 0 Å². The molecule has 0 aliphatic rings. The minimum Gasteiger partial charge on any atom is -0.468 e. The molecule has 0 fully saturated rings. The van der Waals surface area contributed by atoms with Crippen molar-refractivity contribution in [2.45, 2.75) is 52.2 Å². The van der Waals surface area contributed by atoms with E-state index < -0.39 is 0 Å². The summed E-state index contributed by atoms with van der Waals surface area (Å²) in [5.74, 6) is 1.03. The smallest absolute Gasteiger partial charge is 0.117 e. The third-order valence-electron chi connectivity index (χ3n) is 2.96. The first-order chi connectivity index (χ1) is 7.88. The lowest BCUT2D eigenvalue weighted by atomic mass is 10.1. The number of hydrogen-bond donors (Lipinski definition) is 1. The predicted molar refractivity (Wildman–Crippen MR) is 72.0 cm³/mol. The summed E-state index contributed by atoms with van der Waals surface area (Å²) >= 11 is 0. The Balaban J connectivity index is 2.25. The highest BCUT2D eigenvalue weighted by molar-refractivity contribution is 4.97. The largest absolute Gasteiger partial charge is 0.468 e. The summed E-state index contributed by atoms with van der Waals surface area (Å²) in [6.07, 6.45) is 2.88. The van der Waals surface area contributed by atoms with E-state index in [-0.39, 0.29) is 5.54 Å². The lowest BCUT2D eigenvalue weighted by molar-refractivity contribution is 0.215. The van der Waals surface area contributed by atoms with Crippen molar-refractivity contribution < 1.29 is 4.42 Å². The van der Waals surface area contributed by atoms with Crippen molar-refractivity contribution in [3.63, 3.8) is 0 Å². The van der Waals surface area contributed by atoms with E-state index in [4.69, 9.17) is 4.42 Å². The maximum Gasteiger partial charge on any atom is 0.117 e. The van der Waals surface area contributed by atoms with Crippen LogP contribution in [0.2, 0.25) is 0 Å². The molecule has 0 amide bonds. The van der Waals surface area contributed by atoms with Crippen molar-refractivity contribution in [2.24, 2.45) is 0 Å². The zero-order chi connectivity index (χ0) is 12.9. The Kier molecular flexibility index (Phi) is 5.22. The van der Waals surface area contributed by atoms with Gasteiger partial charge in [0, 0.05) is 11.6 Å². The molecule has 17 heavy (non-hydrogen) atoms. The highest BCUT2D eigenvalue weighted by atomic mass is 16.3. The normalized spacial score (nSPS) is 14.2. The van der Waals surface area contributed by atoms with Crippen LogP contribution in [0.5, 0.6) is 0 Å². The fraction of sp³-hybridized carbons (Fsp3) is 0.714. The Morgan fingerprint density at radius 2 is 2.12 bits per heavy atom. The highest BCUT2D eigenvalue weighted by Crippen LogP contribution is 2.09. The molecule has 0 aliphatic carbocycles. The average molecular weight is 238 g/mol. The van der Waals surface area contributed by atoms with Crippen molar-refractivity contribution in [3.8, 4) is 0 Å². The molecule has 3 heteroatoms. The van der Waals surface area contributed by atoms with Gasteiger partial charge in [-0.3, -0.25) is 4.90 Å². The van der Waals surface area contributed by atoms with Crippen molar-refractivity contribution in [1.82, 2.24) is 10.2 Å². The molecule has 1 aromatic heterocycles. The lowest BCUT2D eigenvalue weighted by Crippen LogP contribution is -2.39. The van der Waals surface area contributed by atoms with Crippen LogP contribution in [-0.4, -0.2) is 30.1 Å². The van der Waals surface area contributed by atoms with E-state index in [1.165, 1.54) is 0 Å². The third kappa shape index (κ3) is 5.89. The van der Waals surface area contributed by atoms with Crippen LogP contribution in [0.15, 0.2) is 22.8 Å². The van der Waals surface area contributed by atoms with Crippen molar-refractivity contribution in [2.75, 3.05) is 13.6 Å². The zero-order valence-electron chi connectivity index (χ0n) is 11.8. The molecule has 1 rings (SSSR count). The molecule has 1 unspecified atom stereocenters. The summed E-state index contributed by atoms with van der Waals surface area (Å²) in [6.45, 7) is 10.8. The van der Waals surface area contributed by atoms with Crippen molar-refractivity contribution in [1.29, 1.82) is 0 Å². The number of hydrogen-bond acceptors (Lipinski definition) is 3. The molecule has 1 N–H and O–H groups in total. The van der Waals surface area contributed by atoms with Crippen LogP contribution in [0, 0.1) is 0 Å². The summed E-state index contributed by atoms with van der Waals surface area (Å²) in [7, 11) is 2.14. The van der Waals surface area contributed by atoms with E-state index in [1.54, 1.807) is 6.26 Å². The van der Waals surface area contributed by atoms with Crippen LogP contribution in [0.25, 0.3) is 0 Å². The molecular formula is C14H26N2O. The molecule has 0 aliphatic heterocycles. The van der Waals surface area contributed by atoms with Gasteiger partial charge in [0.25, 0.3) is 0 Å². The van der Waals surface area contributed by atoms with E-state index >= 15 is 0 Å². The second-order valence-corrected chi connectivity index (χ2v) is 5.81. The van der Waals surface area contributed by atoms with Crippen molar-refractivity contribution in [3.05, 3.63) is 24.2 Å². The molecular weight excluding hydrogens is 212 g/mol. The van der Waals surface area contributed by atoms with E-state index in [0.29, 0.717) is 6.04 Å². The molecule has 98 valence electrons. The molecule has 0 bridgehead atoms. The Hall–Kier alpha value is -0.800. The lowest BCUT2D eigenvalue weighted by Gasteiger charge is -2.26. The zero-order valence-corrected chi connectivity index (χ0v) is 11.8. The quantitative estimate of drug-likeness (QED) is 0.826. The SMILES string of the molecule is CC(CCNC(C)(C)C)N(C)Cc1ccco1. The average Bonchev–Trinajstić information content (AvgIpc) is 2.68. The van der Waals surface area contributed by atoms with Crippen LogP contribution in [0.1, 0.15) is 39.9 Å². The van der Waals surface area contributed by atoms with Gasteiger partial charge >= 0.3 is 0 Å². The van der Waals surface area contributed by atoms with Crippen LogP contribution >= 0.6 is 0 Å². The van der Waals surface area contributed by atoms with Gasteiger partial charge in [-0.15, -0.1) is 0 Å². The van der Waals surface area contributed by atoms with Crippen LogP contribution < -0.4 is 5.32 Å². The summed E-state index contributed by atoms with van der Waals surface area (Å²) in [4.78, 5) is 2.32. The van der Waals surface area contributed by atoms with E-state index in [2.05, 4.69) is 45.0 Å². The van der Waals surface area contributed by atoms with Gasteiger partial charge in [0.15, 0.2) is 0 Å². The third-order valence-corrected chi connectivity index (χ3v) is 2.96. The summed E-state index contributed by atoms with van der Waals surface area (Å²) in [5.41, 5.74) is 0.208. The first kappa shape index (κ1) is 14.3. The molecule has 0 saturated heterocycles. The maximum absolute atomic E-state index is 5.36. The molecule has 0 radical (unpaired) electrons. The maximum atomic E-state index is 5.36. The Morgan fingerprint density at radius 1 is 1.41 bits per heavy atom. The monoisotopic (exact) mass is 238 g/mol. The summed E-state index contributed by atoms with van der Waals surface area (Å²) in [5, 5.41) is 3.52. The van der Waals surface area contributed by atoms with Gasteiger partial charge in [0.1, 0.15) is 5.76 Å². The first-order valence-corrected chi connectivity index (χ1v) is 6.36. The second kappa shape index (κ2) is 6.22. The van der Waals surface area contributed by atoms with E-state index in [1.807, 2.05) is 12.1 Å². The molecule has 0 spiro atoms. The van der Waals surface area contributed by atoms with Crippen molar-refractivity contribution >= 4 is 0 Å². The topological polar surface area (TPSA) is 28.4 Å². The van der Waals surface area contributed by atoms with E-state index in [9.17, 15) is 0 Å². The second-order valence-electron chi connectivity index (χ2n) is 5.81. The minimum absolute atomic E-state index is 0.208. The standard InChI is InChI=1S/C14H26N2O/c1-12(8-9-15-14(2,3)4)16(5)11-13-7-6-10-17-13/h6-7,10,12,15H,8-9,11H2,1-5H3. The Bertz CT molecular complexity index is 301. The van der Waals surface area contributed by atoms with E-state index in [0.717, 1.165) is 25.3 Å². The van der Waals surface area contributed by atoms with Crippen LogP contribution in [0.3, 0.4) is 0 Å². The number of nitrogens with one attached hydrogen (secondary N) is 1.